The number of hydrogen-bond acceptors (Lipinski definition) is 5. The summed E-state index contributed by atoms with van der Waals surface area (Å²) in [4.78, 5) is 1.58. The molecule has 6 heteroatoms. The molecule has 0 bridgehead atoms. The Bertz CT molecular complexity index is 255. The van der Waals surface area contributed by atoms with Crippen LogP contribution in [-0.4, -0.2) is 85.2 Å². The van der Waals surface area contributed by atoms with Crippen molar-refractivity contribution in [1.82, 2.24) is 0 Å². The van der Waals surface area contributed by atoms with Crippen molar-refractivity contribution in [2.24, 2.45) is 0 Å². The van der Waals surface area contributed by atoms with E-state index in [-0.39, 0.29) is 0 Å². The van der Waals surface area contributed by atoms with Crippen LogP contribution in [0.1, 0.15) is 26.7 Å². The zero-order valence-electron chi connectivity index (χ0n) is 15.0. The predicted molar refractivity (Wildman–Crippen MR) is 89.2 cm³/mol. The highest BCUT2D eigenvalue weighted by atomic mass is 16.5. The molecule has 0 aliphatic carbocycles. The zero-order chi connectivity index (χ0) is 16.6. The molecule has 0 aromatic carbocycles. The quantitative estimate of drug-likeness (QED) is 0.432. The molecule has 0 saturated carbocycles. The van der Waals surface area contributed by atoms with Crippen LogP contribution in [0.4, 0.5) is 0 Å². The summed E-state index contributed by atoms with van der Waals surface area (Å²) < 4.78 is 27.5. The van der Waals surface area contributed by atoms with Crippen molar-refractivity contribution in [2.75, 3.05) is 79.1 Å². The van der Waals surface area contributed by atoms with E-state index in [9.17, 15) is 0 Å². The van der Waals surface area contributed by atoms with Gasteiger partial charge in [-0.15, -0.1) is 0 Å². The van der Waals surface area contributed by atoms with Crippen LogP contribution < -0.4 is 4.90 Å². The third-order valence-corrected chi connectivity index (χ3v) is 3.91. The first-order chi connectivity index (χ1) is 11.4. The van der Waals surface area contributed by atoms with Gasteiger partial charge in [-0.3, -0.25) is 0 Å². The van der Waals surface area contributed by atoms with Gasteiger partial charge in [0.1, 0.15) is 19.2 Å². The number of rotatable bonds is 15. The van der Waals surface area contributed by atoms with E-state index in [4.69, 9.17) is 23.7 Å². The van der Waals surface area contributed by atoms with Gasteiger partial charge in [0.2, 0.25) is 0 Å². The van der Waals surface area contributed by atoms with Crippen molar-refractivity contribution in [3.63, 3.8) is 0 Å². The molecule has 0 spiro atoms. The molecule has 138 valence electrons. The van der Waals surface area contributed by atoms with Gasteiger partial charge in [-0.25, -0.2) is 0 Å². The Balaban J connectivity index is 1.95. The van der Waals surface area contributed by atoms with E-state index in [0.29, 0.717) is 45.7 Å². The second-order valence-corrected chi connectivity index (χ2v) is 5.71. The van der Waals surface area contributed by atoms with Crippen molar-refractivity contribution >= 4 is 0 Å². The molecular weight excluding hydrogens is 298 g/mol. The maximum atomic E-state index is 5.93. The van der Waals surface area contributed by atoms with E-state index in [1.165, 1.54) is 13.0 Å². The summed E-state index contributed by atoms with van der Waals surface area (Å²) in [5.41, 5.74) is 0. The van der Waals surface area contributed by atoms with E-state index in [1.54, 1.807) is 4.90 Å². The molecule has 0 radical (unpaired) electrons. The van der Waals surface area contributed by atoms with Crippen molar-refractivity contribution in [3.05, 3.63) is 0 Å². The van der Waals surface area contributed by atoms with Gasteiger partial charge in [0, 0.05) is 13.2 Å². The Morgan fingerprint density at radius 3 is 2.09 bits per heavy atom. The Morgan fingerprint density at radius 1 is 0.783 bits per heavy atom. The number of likely N-dealkylation sites (tertiary alicyclic amines) is 1. The molecule has 1 heterocycles. The first-order valence-electron chi connectivity index (χ1n) is 9.13. The highest BCUT2D eigenvalue weighted by Gasteiger charge is 2.23. The lowest BCUT2D eigenvalue weighted by molar-refractivity contribution is -0.908. The van der Waals surface area contributed by atoms with Crippen LogP contribution in [0.15, 0.2) is 0 Å². The third-order valence-electron chi connectivity index (χ3n) is 3.91. The van der Waals surface area contributed by atoms with Crippen LogP contribution in [0.5, 0.6) is 0 Å². The SMILES string of the molecule is CCOCCOCCOC1CCC[NH+](CCOCCOCC)C1. The molecule has 1 aliphatic rings. The summed E-state index contributed by atoms with van der Waals surface area (Å²) in [5, 5.41) is 0. The highest BCUT2D eigenvalue weighted by molar-refractivity contribution is 4.60. The monoisotopic (exact) mass is 334 g/mol. The number of hydrogen-bond donors (Lipinski definition) is 1. The molecule has 1 N–H and O–H groups in total. The van der Waals surface area contributed by atoms with E-state index in [1.807, 2.05) is 13.8 Å². The van der Waals surface area contributed by atoms with Gasteiger partial charge in [-0.2, -0.15) is 0 Å². The molecule has 1 rings (SSSR count). The molecule has 1 saturated heterocycles. The molecule has 1 fully saturated rings. The summed E-state index contributed by atoms with van der Waals surface area (Å²) in [7, 11) is 0. The highest BCUT2D eigenvalue weighted by Crippen LogP contribution is 2.03. The molecule has 23 heavy (non-hydrogen) atoms. The largest absolute Gasteiger partial charge is 0.379 e. The second-order valence-electron chi connectivity index (χ2n) is 5.71. The fourth-order valence-corrected chi connectivity index (χ4v) is 2.69. The summed E-state index contributed by atoms with van der Waals surface area (Å²) in [5.74, 6) is 0. The van der Waals surface area contributed by atoms with Gasteiger partial charge in [-0.05, 0) is 26.7 Å². The van der Waals surface area contributed by atoms with Crippen LogP contribution >= 0.6 is 0 Å². The van der Waals surface area contributed by atoms with Crippen LogP contribution in [0.2, 0.25) is 0 Å². The summed E-state index contributed by atoms with van der Waals surface area (Å²) in [6.07, 6.45) is 2.75. The van der Waals surface area contributed by atoms with Crippen LogP contribution in [0, 0.1) is 0 Å². The lowest BCUT2D eigenvalue weighted by Crippen LogP contribution is -3.14. The van der Waals surface area contributed by atoms with Gasteiger partial charge in [-0.1, -0.05) is 0 Å². The number of ether oxygens (including phenoxy) is 5. The summed E-state index contributed by atoms with van der Waals surface area (Å²) >= 11 is 0. The Kier molecular flexibility index (Phi) is 13.8. The molecule has 0 amide bonds. The fourth-order valence-electron chi connectivity index (χ4n) is 2.69. The molecular formula is C17H36NO5+. The number of nitrogens with one attached hydrogen (secondary N) is 1. The molecule has 0 aromatic heterocycles. The third kappa shape index (κ3) is 11.9. The van der Waals surface area contributed by atoms with Crippen LogP contribution in [-0.2, 0) is 23.7 Å². The van der Waals surface area contributed by atoms with E-state index >= 15 is 0 Å². The van der Waals surface area contributed by atoms with Crippen molar-refractivity contribution in [3.8, 4) is 0 Å². The average Bonchev–Trinajstić information content (AvgIpc) is 2.57. The molecule has 2 unspecified atom stereocenters. The Labute approximate surface area is 141 Å². The maximum Gasteiger partial charge on any atom is 0.107 e. The Morgan fingerprint density at radius 2 is 1.39 bits per heavy atom. The van der Waals surface area contributed by atoms with Crippen molar-refractivity contribution in [1.29, 1.82) is 0 Å². The molecule has 0 aromatic rings. The lowest BCUT2D eigenvalue weighted by Gasteiger charge is -2.29. The van der Waals surface area contributed by atoms with Gasteiger partial charge in [0.25, 0.3) is 0 Å². The van der Waals surface area contributed by atoms with Gasteiger partial charge < -0.3 is 28.6 Å². The van der Waals surface area contributed by atoms with Gasteiger partial charge in [0.15, 0.2) is 0 Å². The fraction of sp³-hybridized carbons (Fsp3) is 1.00. The van der Waals surface area contributed by atoms with Gasteiger partial charge >= 0.3 is 0 Å². The van der Waals surface area contributed by atoms with E-state index in [2.05, 4.69) is 0 Å². The zero-order valence-corrected chi connectivity index (χ0v) is 15.0. The van der Waals surface area contributed by atoms with E-state index in [0.717, 1.165) is 39.3 Å². The first kappa shape index (κ1) is 20.8. The minimum atomic E-state index is 0.359. The molecule has 2 atom stereocenters. The maximum absolute atomic E-state index is 5.93. The number of quaternary nitrogens is 1. The van der Waals surface area contributed by atoms with Crippen molar-refractivity contribution in [2.45, 2.75) is 32.8 Å². The van der Waals surface area contributed by atoms with E-state index < -0.39 is 0 Å². The standard InChI is InChI=1S/C17H35NO5/c1-3-19-10-12-21-9-8-18-7-5-6-17(16-18)23-15-14-22-13-11-20-4-2/h17H,3-16H2,1-2H3/p+1. The second kappa shape index (κ2) is 15.3. The minimum Gasteiger partial charge on any atom is -0.379 e. The molecule has 1 aliphatic heterocycles. The first-order valence-corrected chi connectivity index (χ1v) is 9.13. The normalized spacial score (nSPS) is 21.7. The van der Waals surface area contributed by atoms with Crippen molar-refractivity contribution < 1.29 is 28.6 Å². The lowest BCUT2D eigenvalue weighted by atomic mass is 10.1. The van der Waals surface area contributed by atoms with Crippen LogP contribution in [0.25, 0.3) is 0 Å². The van der Waals surface area contributed by atoms with Gasteiger partial charge in [0.05, 0.1) is 52.8 Å². The minimum absolute atomic E-state index is 0.359. The predicted octanol–water partition coefficient (Wildman–Crippen LogP) is 0.157. The summed E-state index contributed by atoms with van der Waals surface area (Å²) in [6, 6.07) is 0. The van der Waals surface area contributed by atoms with Crippen LogP contribution in [0.3, 0.4) is 0 Å². The topological polar surface area (TPSA) is 50.6 Å². The summed E-state index contributed by atoms with van der Waals surface area (Å²) in [6.45, 7) is 13.7. The number of piperidine rings is 1. The molecule has 6 nitrogen and oxygen atoms in total. The average molecular weight is 334 g/mol. The Hall–Kier alpha value is -0.240. The smallest absolute Gasteiger partial charge is 0.107 e.